The molecule has 1 heterocycles. The van der Waals surface area contributed by atoms with Crippen LogP contribution in [0.15, 0.2) is 47.4 Å². The number of halogens is 1. The van der Waals surface area contributed by atoms with Gasteiger partial charge in [-0.1, -0.05) is 0 Å². The van der Waals surface area contributed by atoms with E-state index in [-0.39, 0.29) is 16.8 Å². The fourth-order valence-corrected chi connectivity index (χ4v) is 4.29. The van der Waals surface area contributed by atoms with Crippen LogP contribution < -0.4 is 4.72 Å². The molecule has 1 aliphatic heterocycles. The average Bonchev–Trinajstić information content (AvgIpc) is 2.61. The maximum Gasteiger partial charge on any atom is 0.262 e. The molecule has 0 aromatic heterocycles. The highest BCUT2D eigenvalue weighted by atomic mass is 32.2. The number of carbonyl (C=O) groups excluding carboxylic acids is 1. The van der Waals surface area contributed by atoms with Gasteiger partial charge in [-0.3, -0.25) is 9.52 Å². The molecule has 1 amide bonds. The summed E-state index contributed by atoms with van der Waals surface area (Å²) in [6.45, 7) is 4.98. The standard InChI is InChI=1S/C19H21FN2O4S/c1-13-11-16(20)5-8-18(13)27(24,25)21-17-6-3-15(4-7-17)19(23)22-9-10-26-12-14(22)2/h3-8,11,14,21H,9-10,12H2,1-2H3. The highest BCUT2D eigenvalue weighted by molar-refractivity contribution is 7.92. The van der Waals surface area contributed by atoms with Crippen LogP contribution in [-0.2, 0) is 14.8 Å². The summed E-state index contributed by atoms with van der Waals surface area (Å²) in [6.07, 6.45) is 0. The van der Waals surface area contributed by atoms with Gasteiger partial charge in [-0.25, -0.2) is 12.8 Å². The zero-order valence-corrected chi connectivity index (χ0v) is 15.9. The summed E-state index contributed by atoms with van der Waals surface area (Å²) in [7, 11) is -3.85. The third-order valence-electron chi connectivity index (χ3n) is 4.44. The van der Waals surface area contributed by atoms with Crippen LogP contribution in [0.5, 0.6) is 0 Å². The van der Waals surface area contributed by atoms with Gasteiger partial charge >= 0.3 is 0 Å². The smallest absolute Gasteiger partial charge is 0.262 e. The summed E-state index contributed by atoms with van der Waals surface area (Å²) in [5.41, 5.74) is 1.12. The van der Waals surface area contributed by atoms with E-state index >= 15 is 0 Å². The van der Waals surface area contributed by atoms with Gasteiger partial charge in [-0.2, -0.15) is 0 Å². The van der Waals surface area contributed by atoms with E-state index < -0.39 is 15.8 Å². The summed E-state index contributed by atoms with van der Waals surface area (Å²) >= 11 is 0. The van der Waals surface area contributed by atoms with Crippen molar-refractivity contribution in [3.8, 4) is 0 Å². The number of rotatable bonds is 4. The van der Waals surface area contributed by atoms with Gasteiger partial charge in [0.15, 0.2) is 0 Å². The van der Waals surface area contributed by atoms with E-state index in [1.54, 1.807) is 17.0 Å². The fraction of sp³-hybridized carbons (Fsp3) is 0.316. The highest BCUT2D eigenvalue weighted by Gasteiger charge is 2.25. The van der Waals surface area contributed by atoms with Crippen LogP contribution in [0.1, 0.15) is 22.8 Å². The first-order valence-electron chi connectivity index (χ1n) is 8.56. The van der Waals surface area contributed by atoms with Crippen LogP contribution in [0.4, 0.5) is 10.1 Å². The molecule has 1 aliphatic rings. The maximum absolute atomic E-state index is 13.2. The lowest BCUT2D eigenvalue weighted by molar-refractivity contribution is 0.00359. The normalized spacial score (nSPS) is 17.6. The predicted molar refractivity (Wildman–Crippen MR) is 99.7 cm³/mol. The number of nitrogens with one attached hydrogen (secondary N) is 1. The molecule has 0 bridgehead atoms. The second kappa shape index (κ2) is 7.66. The van der Waals surface area contributed by atoms with Crippen molar-refractivity contribution in [3.63, 3.8) is 0 Å². The minimum atomic E-state index is -3.85. The van der Waals surface area contributed by atoms with Gasteiger partial charge in [-0.05, 0) is 61.9 Å². The van der Waals surface area contributed by atoms with Gasteiger partial charge in [0.1, 0.15) is 5.82 Å². The molecule has 1 N–H and O–H groups in total. The van der Waals surface area contributed by atoms with Crippen molar-refractivity contribution in [1.82, 2.24) is 4.90 Å². The fourth-order valence-electron chi connectivity index (χ4n) is 3.00. The Morgan fingerprint density at radius 3 is 2.56 bits per heavy atom. The lowest BCUT2D eigenvalue weighted by Crippen LogP contribution is -2.47. The van der Waals surface area contributed by atoms with Crippen LogP contribution in [0.2, 0.25) is 0 Å². The van der Waals surface area contributed by atoms with Crippen molar-refractivity contribution in [3.05, 3.63) is 59.4 Å². The Hall–Kier alpha value is -2.45. The molecular weight excluding hydrogens is 371 g/mol. The van der Waals surface area contributed by atoms with E-state index in [2.05, 4.69) is 4.72 Å². The van der Waals surface area contributed by atoms with Crippen molar-refractivity contribution in [2.75, 3.05) is 24.5 Å². The number of benzene rings is 2. The van der Waals surface area contributed by atoms with Gasteiger partial charge in [0.2, 0.25) is 0 Å². The van der Waals surface area contributed by atoms with Crippen LogP contribution in [0.25, 0.3) is 0 Å². The lowest BCUT2D eigenvalue weighted by Gasteiger charge is -2.33. The van der Waals surface area contributed by atoms with Crippen molar-refractivity contribution in [2.45, 2.75) is 24.8 Å². The largest absolute Gasteiger partial charge is 0.377 e. The van der Waals surface area contributed by atoms with E-state index in [4.69, 9.17) is 4.74 Å². The Bertz CT molecular complexity index is 945. The SMILES string of the molecule is Cc1cc(F)ccc1S(=O)(=O)Nc1ccc(C(=O)N2CCOCC2C)cc1. The number of carbonyl (C=O) groups is 1. The van der Waals surface area contributed by atoms with Crippen molar-refractivity contribution >= 4 is 21.6 Å². The van der Waals surface area contributed by atoms with Crippen molar-refractivity contribution < 1.29 is 22.3 Å². The topological polar surface area (TPSA) is 75.7 Å². The molecule has 1 saturated heterocycles. The van der Waals surface area contributed by atoms with Crippen LogP contribution >= 0.6 is 0 Å². The number of sulfonamides is 1. The third kappa shape index (κ3) is 4.28. The number of morpholine rings is 1. The molecule has 0 radical (unpaired) electrons. The van der Waals surface area contributed by atoms with Gasteiger partial charge in [-0.15, -0.1) is 0 Å². The molecule has 27 heavy (non-hydrogen) atoms. The summed E-state index contributed by atoms with van der Waals surface area (Å²) in [5, 5.41) is 0. The van der Waals surface area contributed by atoms with Gasteiger partial charge in [0, 0.05) is 17.8 Å². The first-order valence-corrected chi connectivity index (χ1v) is 10.0. The monoisotopic (exact) mass is 392 g/mol. The van der Waals surface area contributed by atoms with Crippen molar-refractivity contribution in [1.29, 1.82) is 0 Å². The first-order chi connectivity index (χ1) is 12.8. The Morgan fingerprint density at radius 1 is 1.22 bits per heavy atom. The van der Waals surface area contributed by atoms with Gasteiger partial charge in [0.05, 0.1) is 24.2 Å². The zero-order valence-electron chi connectivity index (χ0n) is 15.1. The number of hydrogen-bond donors (Lipinski definition) is 1. The molecule has 8 heteroatoms. The number of aryl methyl sites for hydroxylation is 1. The quantitative estimate of drug-likeness (QED) is 0.868. The number of anilines is 1. The van der Waals surface area contributed by atoms with E-state index in [1.165, 1.54) is 31.2 Å². The molecule has 1 fully saturated rings. The predicted octanol–water partition coefficient (Wildman–Crippen LogP) is 2.80. The minimum Gasteiger partial charge on any atom is -0.377 e. The van der Waals surface area contributed by atoms with Crippen molar-refractivity contribution in [2.24, 2.45) is 0 Å². The van der Waals surface area contributed by atoms with Gasteiger partial charge in [0.25, 0.3) is 15.9 Å². The molecule has 0 spiro atoms. The van der Waals surface area contributed by atoms with E-state index in [0.29, 0.717) is 36.6 Å². The molecule has 1 unspecified atom stereocenters. The number of ether oxygens (including phenoxy) is 1. The Kier molecular flexibility index (Phi) is 5.48. The molecule has 6 nitrogen and oxygen atoms in total. The molecule has 0 saturated carbocycles. The number of amides is 1. The van der Waals surface area contributed by atoms with E-state index in [1.807, 2.05) is 6.92 Å². The number of nitrogens with zero attached hydrogens (tertiary/aromatic N) is 1. The zero-order chi connectivity index (χ0) is 19.6. The molecule has 0 aliphatic carbocycles. The van der Waals surface area contributed by atoms with Crippen LogP contribution in [0, 0.1) is 12.7 Å². The van der Waals surface area contributed by atoms with E-state index in [0.717, 1.165) is 6.07 Å². The first kappa shape index (κ1) is 19.3. The molecule has 2 aromatic carbocycles. The number of hydrogen-bond acceptors (Lipinski definition) is 4. The Balaban J connectivity index is 1.76. The van der Waals surface area contributed by atoms with E-state index in [9.17, 15) is 17.6 Å². The highest BCUT2D eigenvalue weighted by Crippen LogP contribution is 2.21. The Labute approximate surface area is 158 Å². The van der Waals surface area contributed by atoms with Crippen LogP contribution in [-0.4, -0.2) is 45.0 Å². The van der Waals surface area contributed by atoms with Crippen LogP contribution in [0.3, 0.4) is 0 Å². The maximum atomic E-state index is 13.2. The molecule has 2 aromatic rings. The average molecular weight is 392 g/mol. The van der Waals surface area contributed by atoms with Gasteiger partial charge < -0.3 is 9.64 Å². The molecule has 1 atom stereocenters. The Morgan fingerprint density at radius 2 is 1.93 bits per heavy atom. The lowest BCUT2D eigenvalue weighted by atomic mass is 10.1. The third-order valence-corrected chi connectivity index (χ3v) is 5.98. The summed E-state index contributed by atoms with van der Waals surface area (Å²) in [6, 6.07) is 9.73. The molecular formula is C19H21FN2O4S. The molecule has 3 rings (SSSR count). The second-order valence-corrected chi connectivity index (χ2v) is 8.17. The summed E-state index contributed by atoms with van der Waals surface area (Å²) in [4.78, 5) is 14.3. The summed E-state index contributed by atoms with van der Waals surface area (Å²) < 4.78 is 46.0. The second-order valence-electron chi connectivity index (χ2n) is 6.52. The molecule has 144 valence electrons. The minimum absolute atomic E-state index is 0.00574. The summed E-state index contributed by atoms with van der Waals surface area (Å²) in [5.74, 6) is -0.610.